The van der Waals surface area contributed by atoms with Crippen LogP contribution in [0, 0.1) is 0 Å². The van der Waals surface area contributed by atoms with Gasteiger partial charge in [0.05, 0.1) is 22.2 Å². The molecule has 0 atom stereocenters. The molecule has 0 unspecified atom stereocenters. The van der Waals surface area contributed by atoms with Gasteiger partial charge in [-0.15, -0.1) is 0 Å². The van der Waals surface area contributed by atoms with Gasteiger partial charge in [0.15, 0.2) is 0 Å². The van der Waals surface area contributed by atoms with E-state index in [1.165, 1.54) is 21.7 Å². The first-order valence-electron chi connectivity index (χ1n) is 14.9. The van der Waals surface area contributed by atoms with Crippen LogP contribution in [0.15, 0.2) is 152 Å². The average molecular weight is 560 g/mol. The van der Waals surface area contributed by atoms with E-state index in [2.05, 4.69) is 121 Å². The van der Waals surface area contributed by atoms with E-state index >= 15 is 0 Å². The maximum absolute atomic E-state index is 5.31. The van der Waals surface area contributed by atoms with Gasteiger partial charge in [-0.1, -0.05) is 109 Å². The summed E-state index contributed by atoms with van der Waals surface area (Å²) in [6.45, 7) is 0. The summed E-state index contributed by atoms with van der Waals surface area (Å²) < 4.78 is 0. The summed E-state index contributed by atoms with van der Waals surface area (Å²) in [4.78, 5) is 14.8. The largest absolute Gasteiger partial charge is 0.256 e. The predicted molar refractivity (Wildman–Crippen MR) is 184 cm³/mol. The fourth-order valence-corrected chi connectivity index (χ4v) is 6.56. The quantitative estimate of drug-likeness (QED) is 0.202. The number of para-hydroxylation sites is 2. The lowest BCUT2D eigenvalue weighted by Crippen LogP contribution is -1.93. The van der Waals surface area contributed by atoms with Crippen LogP contribution in [0.5, 0.6) is 0 Å². The molecule has 0 aliphatic heterocycles. The van der Waals surface area contributed by atoms with Crippen molar-refractivity contribution >= 4 is 54.3 Å². The van der Waals surface area contributed by atoms with Gasteiger partial charge in [0.25, 0.3) is 0 Å². The molecule has 3 heterocycles. The Hall–Kier alpha value is -5.93. The highest BCUT2D eigenvalue weighted by Gasteiger charge is 2.16. The number of nitrogens with zero attached hydrogens (tertiary/aromatic N) is 3. The lowest BCUT2D eigenvalue weighted by atomic mass is 9.91. The summed E-state index contributed by atoms with van der Waals surface area (Å²) in [5.41, 5.74) is 9.53. The Morgan fingerprint density at radius 1 is 0.364 bits per heavy atom. The topological polar surface area (TPSA) is 38.7 Å². The van der Waals surface area contributed by atoms with E-state index in [1.54, 1.807) is 0 Å². The van der Waals surface area contributed by atoms with E-state index in [1.807, 2.05) is 30.6 Å². The number of benzene rings is 6. The summed E-state index contributed by atoms with van der Waals surface area (Å²) in [6, 6.07) is 49.2. The Morgan fingerprint density at radius 3 is 1.82 bits per heavy atom. The van der Waals surface area contributed by atoms with Crippen molar-refractivity contribution in [1.82, 2.24) is 15.0 Å². The van der Waals surface area contributed by atoms with Crippen LogP contribution < -0.4 is 0 Å². The highest BCUT2D eigenvalue weighted by atomic mass is 14.7. The van der Waals surface area contributed by atoms with E-state index in [0.717, 1.165) is 66.0 Å². The minimum absolute atomic E-state index is 0.965. The summed E-state index contributed by atoms with van der Waals surface area (Å²) >= 11 is 0. The van der Waals surface area contributed by atoms with Crippen molar-refractivity contribution < 1.29 is 0 Å². The number of hydrogen-bond donors (Lipinski definition) is 0. The molecule has 0 aliphatic carbocycles. The van der Waals surface area contributed by atoms with E-state index in [0.29, 0.717) is 0 Å². The zero-order valence-corrected chi connectivity index (χ0v) is 23.8. The van der Waals surface area contributed by atoms with Gasteiger partial charge in [-0.3, -0.25) is 9.97 Å². The molecule has 3 nitrogen and oxygen atoms in total. The summed E-state index contributed by atoms with van der Waals surface area (Å²) in [7, 11) is 0. The van der Waals surface area contributed by atoms with Crippen LogP contribution in [0.25, 0.3) is 87.8 Å². The average Bonchev–Trinajstić information content (AvgIpc) is 3.10. The molecule has 0 bridgehead atoms. The molecule has 0 fully saturated rings. The second kappa shape index (κ2) is 9.82. The third-order valence-corrected chi connectivity index (χ3v) is 8.69. The van der Waals surface area contributed by atoms with Crippen molar-refractivity contribution in [3.63, 3.8) is 0 Å². The Labute approximate surface area is 254 Å². The third kappa shape index (κ3) is 3.94. The number of rotatable bonds is 3. The molecule has 204 valence electrons. The maximum Gasteiger partial charge on any atom is 0.0788 e. The summed E-state index contributed by atoms with van der Waals surface area (Å²) in [6.07, 6.45) is 3.95. The molecule has 9 rings (SSSR count). The highest BCUT2D eigenvalue weighted by molar-refractivity contribution is 6.24. The van der Waals surface area contributed by atoms with Crippen molar-refractivity contribution in [2.75, 3.05) is 0 Å². The Morgan fingerprint density at radius 2 is 1.02 bits per heavy atom. The number of fused-ring (bicyclic) bond motifs is 7. The lowest BCUT2D eigenvalue weighted by Gasteiger charge is -2.15. The number of hydrogen-bond acceptors (Lipinski definition) is 3. The van der Waals surface area contributed by atoms with E-state index in [-0.39, 0.29) is 0 Å². The van der Waals surface area contributed by atoms with Crippen molar-refractivity contribution in [3.8, 4) is 33.5 Å². The second-order valence-electron chi connectivity index (χ2n) is 11.3. The Balaban J connectivity index is 1.33. The van der Waals surface area contributed by atoms with Crippen LogP contribution in [-0.4, -0.2) is 15.0 Å². The van der Waals surface area contributed by atoms with Gasteiger partial charge in [0.1, 0.15) is 0 Å². The SMILES string of the molecule is c1ccc(-c2nc3cc(-c4cnc5ccccc5c4)ccc3c3c2ccc2c(-c4cnc5ccccc5c4)cccc23)cc1. The summed E-state index contributed by atoms with van der Waals surface area (Å²) in [5.74, 6) is 0. The molecule has 0 aliphatic rings. The van der Waals surface area contributed by atoms with Gasteiger partial charge in [-0.25, -0.2) is 4.98 Å². The fraction of sp³-hybridized carbons (Fsp3) is 0. The van der Waals surface area contributed by atoms with Gasteiger partial charge in [-0.2, -0.15) is 0 Å². The van der Waals surface area contributed by atoms with Crippen LogP contribution in [0.2, 0.25) is 0 Å². The van der Waals surface area contributed by atoms with Crippen molar-refractivity contribution in [3.05, 3.63) is 152 Å². The zero-order chi connectivity index (χ0) is 29.0. The first-order valence-corrected chi connectivity index (χ1v) is 14.9. The first kappa shape index (κ1) is 24.6. The normalized spacial score (nSPS) is 11.6. The maximum atomic E-state index is 5.31. The monoisotopic (exact) mass is 559 g/mol. The van der Waals surface area contributed by atoms with Gasteiger partial charge in [-0.05, 0) is 52.2 Å². The van der Waals surface area contributed by atoms with Crippen molar-refractivity contribution in [2.45, 2.75) is 0 Å². The minimum Gasteiger partial charge on any atom is -0.256 e. The zero-order valence-electron chi connectivity index (χ0n) is 23.8. The predicted octanol–water partition coefficient (Wildman–Crippen LogP) is 10.6. The lowest BCUT2D eigenvalue weighted by molar-refractivity contribution is 1.40. The van der Waals surface area contributed by atoms with Crippen LogP contribution in [0.4, 0.5) is 0 Å². The molecular weight excluding hydrogens is 534 g/mol. The molecule has 9 aromatic rings. The highest BCUT2D eigenvalue weighted by Crippen LogP contribution is 2.41. The van der Waals surface area contributed by atoms with Gasteiger partial charge >= 0.3 is 0 Å². The van der Waals surface area contributed by atoms with Crippen LogP contribution in [0.3, 0.4) is 0 Å². The molecule has 6 aromatic carbocycles. The van der Waals surface area contributed by atoms with Crippen molar-refractivity contribution in [1.29, 1.82) is 0 Å². The smallest absolute Gasteiger partial charge is 0.0788 e. The van der Waals surface area contributed by atoms with Gasteiger partial charge < -0.3 is 0 Å². The molecular formula is C41H25N3. The van der Waals surface area contributed by atoms with Gasteiger partial charge in [0.2, 0.25) is 0 Å². The number of aromatic nitrogens is 3. The van der Waals surface area contributed by atoms with Crippen LogP contribution in [-0.2, 0) is 0 Å². The molecule has 0 saturated heterocycles. The van der Waals surface area contributed by atoms with Gasteiger partial charge in [0, 0.05) is 56.0 Å². The first-order chi connectivity index (χ1) is 21.8. The van der Waals surface area contributed by atoms with E-state index in [4.69, 9.17) is 15.0 Å². The molecule has 3 heteroatoms. The standard InChI is InChI=1S/C41H25N3/c1-2-9-26(10-3-1)41-36-20-19-33-32(31-22-29-12-5-7-16-38(29)43-25-31)13-8-14-34(33)40(36)35-18-17-27(23-39(35)44-41)30-21-28-11-4-6-15-37(28)42-24-30/h1-25H. The molecule has 44 heavy (non-hydrogen) atoms. The van der Waals surface area contributed by atoms with Crippen molar-refractivity contribution in [2.24, 2.45) is 0 Å². The Bertz CT molecular complexity index is 2550. The fourth-order valence-electron chi connectivity index (χ4n) is 6.56. The van der Waals surface area contributed by atoms with Crippen LogP contribution >= 0.6 is 0 Å². The second-order valence-corrected chi connectivity index (χ2v) is 11.3. The number of pyridine rings is 3. The molecule has 3 aromatic heterocycles. The Kier molecular flexibility index (Phi) is 5.50. The molecule has 0 radical (unpaired) electrons. The third-order valence-electron chi connectivity index (χ3n) is 8.69. The molecule has 0 N–H and O–H groups in total. The molecule has 0 amide bonds. The van der Waals surface area contributed by atoms with Crippen LogP contribution in [0.1, 0.15) is 0 Å². The molecule has 0 saturated carbocycles. The minimum atomic E-state index is 0.965. The van der Waals surface area contributed by atoms with E-state index in [9.17, 15) is 0 Å². The summed E-state index contributed by atoms with van der Waals surface area (Å²) in [5, 5.41) is 8.17. The van der Waals surface area contributed by atoms with E-state index < -0.39 is 0 Å². The molecule has 0 spiro atoms.